The Labute approximate surface area is 158 Å². The molecule has 0 unspecified atom stereocenters. The minimum atomic E-state index is -0.00380. The molecular weight excluding hydrogens is 326 g/mol. The summed E-state index contributed by atoms with van der Waals surface area (Å²) >= 11 is 0. The van der Waals surface area contributed by atoms with Gasteiger partial charge in [-0.25, -0.2) is 0 Å². The number of aromatic nitrogens is 1. The Kier molecular flexibility index (Phi) is 2.68. The smallest absolute Gasteiger partial charge is 0.0492 e. The summed E-state index contributed by atoms with van der Waals surface area (Å²) < 4.78 is 2.34. The van der Waals surface area contributed by atoms with Crippen LogP contribution in [-0.4, -0.2) is 4.57 Å². The van der Waals surface area contributed by atoms with Crippen LogP contribution in [0, 0.1) is 0 Å². The largest absolute Gasteiger partial charge is 0.344 e. The Morgan fingerprint density at radius 1 is 0.667 bits per heavy atom. The zero-order valence-corrected chi connectivity index (χ0v) is 15.9. The van der Waals surface area contributed by atoms with E-state index in [1.54, 1.807) is 0 Å². The predicted molar refractivity (Wildman–Crippen MR) is 115 cm³/mol. The first-order valence-corrected chi connectivity index (χ1v) is 9.61. The minimum absolute atomic E-state index is 0.00380. The van der Waals surface area contributed by atoms with Crippen molar-refractivity contribution in [3.63, 3.8) is 0 Å². The molecule has 1 heteroatoms. The van der Waals surface area contributed by atoms with Crippen molar-refractivity contribution in [2.75, 3.05) is 0 Å². The normalized spacial score (nSPS) is 14.8. The van der Waals surface area contributed by atoms with Gasteiger partial charge < -0.3 is 4.57 Å². The number of hydrogen-bond acceptors (Lipinski definition) is 0. The summed E-state index contributed by atoms with van der Waals surface area (Å²) in [6, 6.07) is 27.0. The molecule has 0 aliphatic heterocycles. The number of hydrogen-bond donors (Lipinski definition) is 0. The Morgan fingerprint density at radius 3 is 2.26 bits per heavy atom. The van der Waals surface area contributed by atoms with E-state index in [1.807, 2.05) is 0 Å². The Morgan fingerprint density at radius 2 is 1.41 bits per heavy atom. The Balaban J connectivity index is 1.79. The standard InChI is InChI=1S/C26H21N/c1-26(2)22-15-24-21(18-10-6-7-11-23(18)27(24)3)14-20(22)19-13-12-16-8-4-5-9-17(16)25(19)26/h4-15H,1-3H3. The molecule has 0 N–H and O–H groups in total. The third-order valence-electron chi connectivity index (χ3n) is 6.57. The van der Waals surface area contributed by atoms with Gasteiger partial charge in [-0.3, -0.25) is 0 Å². The van der Waals surface area contributed by atoms with Crippen molar-refractivity contribution in [3.05, 3.63) is 83.9 Å². The van der Waals surface area contributed by atoms with E-state index in [-0.39, 0.29) is 5.41 Å². The highest BCUT2D eigenvalue weighted by Crippen LogP contribution is 2.52. The van der Waals surface area contributed by atoms with E-state index < -0.39 is 0 Å². The second kappa shape index (κ2) is 4.80. The molecule has 27 heavy (non-hydrogen) atoms. The topological polar surface area (TPSA) is 4.93 Å². The second-order valence-corrected chi connectivity index (χ2v) is 8.33. The Bertz CT molecular complexity index is 1400. The van der Waals surface area contributed by atoms with Crippen molar-refractivity contribution in [2.24, 2.45) is 7.05 Å². The number of para-hydroxylation sites is 1. The number of benzene rings is 4. The summed E-state index contributed by atoms with van der Waals surface area (Å²) in [7, 11) is 2.18. The molecular formula is C26H21N. The number of nitrogens with zero attached hydrogens (tertiary/aromatic N) is 1. The van der Waals surface area contributed by atoms with Crippen LogP contribution in [0.1, 0.15) is 25.0 Å². The molecule has 0 saturated carbocycles. The summed E-state index contributed by atoms with van der Waals surface area (Å²) in [5, 5.41) is 5.39. The molecule has 1 aliphatic rings. The number of fused-ring (bicyclic) bond motifs is 8. The molecule has 1 aliphatic carbocycles. The lowest BCUT2D eigenvalue weighted by Crippen LogP contribution is -2.15. The zero-order chi connectivity index (χ0) is 18.3. The summed E-state index contributed by atoms with van der Waals surface area (Å²) in [5.74, 6) is 0. The molecule has 0 spiro atoms. The Hall–Kier alpha value is -3.06. The van der Waals surface area contributed by atoms with Crippen LogP contribution in [0.4, 0.5) is 0 Å². The van der Waals surface area contributed by atoms with E-state index in [9.17, 15) is 0 Å². The van der Waals surface area contributed by atoms with E-state index in [4.69, 9.17) is 0 Å². The molecule has 5 aromatic rings. The number of aryl methyl sites for hydroxylation is 1. The predicted octanol–water partition coefficient (Wildman–Crippen LogP) is 6.79. The molecule has 1 nitrogen and oxygen atoms in total. The first-order chi connectivity index (χ1) is 13.1. The summed E-state index contributed by atoms with van der Waals surface area (Å²) in [6.07, 6.45) is 0. The van der Waals surface area contributed by atoms with Crippen molar-refractivity contribution in [3.8, 4) is 11.1 Å². The maximum atomic E-state index is 2.43. The van der Waals surface area contributed by atoms with Crippen LogP contribution in [0.3, 0.4) is 0 Å². The van der Waals surface area contributed by atoms with Gasteiger partial charge in [0.25, 0.3) is 0 Å². The lowest BCUT2D eigenvalue weighted by molar-refractivity contribution is 0.666. The van der Waals surface area contributed by atoms with Gasteiger partial charge in [0, 0.05) is 34.3 Å². The average Bonchev–Trinajstić information content (AvgIpc) is 3.10. The van der Waals surface area contributed by atoms with E-state index in [0.717, 1.165) is 0 Å². The minimum Gasteiger partial charge on any atom is -0.344 e. The quantitative estimate of drug-likeness (QED) is 0.290. The van der Waals surface area contributed by atoms with Gasteiger partial charge in [0.1, 0.15) is 0 Å². The van der Waals surface area contributed by atoms with Gasteiger partial charge in [0.15, 0.2) is 0 Å². The molecule has 130 valence electrons. The molecule has 0 fully saturated rings. The lowest BCUT2D eigenvalue weighted by Gasteiger charge is -2.23. The second-order valence-electron chi connectivity index (χ2n) is 8.33. The van der Waals surface area contributed by atoms with E-state index in [2.05, 4.69) is 98.3 Å². The van der Waals surface area contributed by atoms with Crippen LogP contribution in [0.25, 0.3) is 43.7 Å². The summed E-state index contributed by atoms with van der Waals surface area (Å²) in [4.78, 5) is 0. The van der Waals surface area contributed by atoms with Crippen LogP contribution in [0.15, 0.2) is 72.8 Å². The third-order valence-corrected chi connectivity index (χ3v) is 6.57. The van der Waals surface area contributed by atoms with Crippen LogP contribution in [0.2, 0.25) is 0 Å². The molecule has 1 heterocycles. The van der Waals surface area contributed by atoms with E-state index in [1.165, 1.54) is 54.8 Å². The molecule has 4 aromatic carbocycles. The van der Waals surface area contributed by atoms with Gasteiger partial charge in [0.05, 0.1) is 0 Å². The highest BCUT2D eigenvalue weighted by atomic mass is 14.9. The molecule has 6 rings (SSSR count). The van der Waals surface area contributed by atoms with Crippen LogP contribution >= 0.6 is 0 Å². The van der Waals surface area contributed by atoms with Gasteiger partial charge in [-0.15, -0.1) is 0 Å². The fraction of sp³-hybridized carbons (Fsp3) is 0.154. The first-order valence-electron chi connectivity index (χ1n) is 9.61. The van der Waals surface area contributed by atoms with Crippen molar-refractivity contribution in [2.45, 2.75) is 19.3 Å². The van der Waals surface area contributed by atoms with Crippen molar-refractivity contribution < 1.29 is 0 Å². The monoisotopic (exact) mass is 347 g/mol. The number of rotatable bonds is 0. The highest BCUT2D eigenvalue weighted by molar-refractivity contribution is 6.11. The molecule has 0 radical (unpaired) electrons. The summed E-state index contributed by atoms with van der Waals surface area (Å²) in [5.41, 5.74) is 8.30. The van der Waals surface area contributed by atoms with Gasteiger partial charge in [0.2, 0.25) is 0 Å². The molecule has 0 atom stereocenters. The maximum absolute atomic E-state index is 2.43. The average molecular weight is 347 g/mol. The molecule has 0 bridgehead atoms. The third kappa shape index (κ3) is 1.74. The molecule has 0 saturated heterocycles. The zero-order valence-electron chi connectivity index (χ0n) is 15.9. The highest BCUT2D eigenvalue weighted by Gasteiger charge is 2.37. The van der Waals surface area contributed by atoms with Crippen molar-refractivity contribution in [1.29, 1.82) is 0 Å². The van der Waals surface area contributed by atoms with Gasteiger partial charge in [-0.2, -0.15) is 0 Å². The maximum Gasteiger partial charge on any atom is 0.0492 e. The van der Waals surface area contributed by atoms with E-state index >= 15 is 0 Å². The molecule has 0 amide bonds. The van der Waals surface area contributed by atoms with Crippen LogP contribution in [-0.2, 0) is 12.5 Å². The fourth-order valence-electron chi connectivity index (χ4n) is 5.25. The first kappa shape index (κ1) is 15.0. The van der Waals surface area contributed by atoms with Gasteiger partial charge in [-0.05, 0) is 51.2 Å². The van der Waals surface area contributed by atoms with Crippen molar-refractivity contribution in [1.82, 2.24) is 4.57 Å². The molecule has 1 aromatic heterocycles. The SMILES string of the molecule is Cn1c2ccccc2c2cc3c(cc21)C(C)(C)c1c-3ccc2ccccc12. The fourth-order valence-corrected chi connectivity index (χ4v) is 5.25. The summed E-state index contributed by atoms with van der Waals surface area (Å²) in [6.45, 7) is 4.75. The lowest BCUT2D eigenvalue weighted by atomic mass is 9.80. The van der Waals surface area contributed by atoms with Crippen LogP contribution < -0.4 is 0 Å². The van der Waals surface area contributed by atoms with Crippen LogP contribution in [0.5, 0.6) is 0 Å². The van der Waals surface area contributed by atoms with Crippen molar-refractivity contribution >= 4 is 32.6 Å². The van der Waals surface area contributed by atoms with Gasteiger partial charge >= 0.3 is 0 Å². The van der Waals surface area contributed by atoms with Gasteiger partial charge in [-0.1, -0.05) is 68.4 Å². The van der Waals surface area contributed by atoms with E-state index in [0.29, 0.717) is 0 Å².